The van der Waals surface area contributed by atoms with Gasteiger partial charge in [-0.2, -0.15) is 5.26 Å². The van der Waals surface area contributed by atoms with Crippen molar-refractivity contribution in [3.05, 3.63) is 68.7 Å². The van der Waals surface area contributed by atoms with Gasteiger partial charge in [-0.15, -0.1) is 0 Å². The monoisotopic (exact) mass is 317 g/mol. The number of aliphatic hydroxyl groups is 1. The van der Waals surface area contributed by atoms with Crippen LogP contribution in [0.25, 0.3) is 0 Å². The molecule has 1 unspecified atom stereocenters. The van der Waals surface area contributed by atoms with Gasteiger partial charge in [-0.3, -0.25) is 10.1 Å². The highest BCUT2D eigenvalue weighted by Crippen LogP contribution is 2.25. The van der Waals surface area contributed by atoms with Crippen LogP contribution in [0, 0.1) is 21.4 Å². The van der Waals surface area contributed by atoms with E-state index in [1.54, 1.807) is 30.3 Å². The van der Waals surface area contributed by atoms with Gasteiger partial charge in [-0.1, -0.05) is 29.8 Å². The predicted molar refractivity (Wildman–Crippen MR) is 82.7 cm³/mol. The minimum atomic E-state index is -0.838. The van der Waals surface area contributed by atoms with Gasteiger partial charge in [0.05, 0.1) is 11.0 Å². The number of hydrogen-bond acceptors (Lipinski definition) is 5. The molecule has 2 aromatic carbocycles. The molecule has 2 aromatic rings. The fourth-order valence-corrected chi connectivity index (χ4v) is 2.23. The number of nitro groups is 1. The van der Waals surface area contributed by atoms with E-state index in [0.29, 0.717) is 16.3 Å². The summed E-state index contributed by atoms with van der Waals surface area (Å²) in [5.74, 6) is 0. The molecule has 0 saturated carbocycles. The van der Waals surface area contributed by atoms with Gasteiger partial charge >= 0.3 is 0 Å². The van der Waals surface area contributed by atoms with E-state index in [1.165, 1.54) is 18.2 Å². The molecule has 0 saturated heterocycles. The molecule has 6 nitrogen and oxygen atoms in total. The number of aliphatic hydroxyl groups excluding tert-OH is 1. The number of nitrogens with one attached hydrogen (secondary N) is 1. The summed E-state index contributed by atoms with van der Waals surface area (Å²) in [7, 11) is 0. The maximum atomic E-state index is 10.8. The Morgan fingerprint density at radius 3 is 2.73 bits per heavy atom. The van der Waals surface area contributed by atoms with Crippen molar-refractivity contribution in [2.45, 2.75) is 6.10 Å². The Bertz CT molecular complexity index is 743. The van der Waals surface area contributed by atoms with E-state index in [-0.39, 0.29) is 17.8 Å². The highest BCUT2D eigenvalue weighted by Gasteiger charge is 2.15. The lowest BCUT2D eigenvalue weighted by atomic mass is 10.1. The Hall–Kier alpha value is -2.62. The SMILES string of the molecule is N#Cc1cc(NCC(O)c2ccccc2Cl)ccc1[N+](=O)[O-]. The number of nitro benzene ring substituents is 1. The Morgan fingerprint density at radius 2 is 2.09 bits per heavy atom. The summed E-state index contributed by atoms with van der Waals surface area (Å²) < 4.78 is 0. The van der Waals surface area contributed by atoms with Crippen molar-refractivity contribution >= 4 is 23.0 Å². The maximum Gasteiger partial charge on any atom is 0.287 e. The molecule has 0 aliphatic rings. The molecule has 0 heterocycles. The van der Waals surface area contributed by atoms with E-state index >= 15 is 0 Å². The molecule has 0 aliphatic carbocycles. The predicted octanol–water partition coefficient (Wildman–Crippen LogP) is 3.27. The fraction of sp³-hybridized carbons (Fsp3) is 0.133. The molecule has 112 valence electrons. The zero-order valence-electron chi connectivity index (χ0n) is 11.4. The third-order valence-corrected chi connectivity index (χ3v) is 3.42. The van der Waals surface area contributed by atoms with Gasteiger partial charge in [0.25, 0.3) is 5.69 Å². The Balaban J connectivity index is 2.11. The lowest BCUT2D eigenvalue weighted by Crippen LogP contribution is -2.12. The normalized spacial score (nSPS) is 11.5. The quantitative estimate of drug-likeness (QED) is 0.651. The van der Waals surface area contributed by atoms with Crippen LogP contribution >= 0.6 is 11.6 Å². The minimum absolute atomic E-state index is 0.0396. The Morgan fingerprint density at radius 1 is 1.36 bits per heavy atom. The molecule has 0 aromatic heterocycles. The summed E-state index contributed by atoms with van der Waals surface area (Å²) in [6, 6.07) is 12.8. The lowest BCUT2D eigenvalue weighted by molar-refractivity contribution is -0.385. The summed E-state index contributed by atoms with van der Waals surface area (Å²) in [6.45, 7) is 0.159. The van der Waals surface area contributed by atoms with Crippen LogP contribution < -0.4 is 5.32 Å². The summed E-state index contributed by atoms with van der Waals surface area (Å²) in [4.78, 5) is 10.1. The number of anilines is 1. The standard InChI is InChI=1S/C15H12ClN3O3/c16-13-4-2-1-3-12(13)15(20)9-18-11-5-6-14(19(21)22)10(7-11)8-17/h1-7,15,18,20H,9H2. The molecule has 22 heavy (non-hydrogen) atoms. The number of halogens is 1. The van der Waals surface area contributed by atoms with Crippen molar-refractivity contribution in [3.8, 4) is 6.07 Å². The number of nitriles is 1. The van der Waals surface area contributed by atoms with Crippen molar-refractivity contribution in [1.82, 2.24) is 0 Å². The van der Waals surface area contributed by atoms with Gasteiger partial charge in [0.1, 0.15) is 11.6 Å². The van der Waals surface area contributed by atoms with Crippen LogP contribution in [0.2, 0.25) is 5.02 Å². The third-order valence-electron chi connectivity index (χ3n) is 3.08. The first-order chi connectivity index (χ1) is 10.5. The van der Waals surface area contributed by atoms with Crippen LogP contribution in [0.5, 0.6) is 0 Å². The van der Waals surface area contributed by atoms with E-state index in [2.05, 4.69) is 5.32 Å². The van der Waals surface area contributed by atoms with Crippen LogP contribution in [0.3, 0.4) is 0 Å². The number of rotatable bonds is 5. The molecular formula is C15H12ClN3O3. The minimum Gasteiger partial charge on any atom is -0.387 e. The molecule has 0 bridgehead atoms. The van der Waals surface area contributed by atoms with Gasteiger partial charge in [0, 0.05) is 28.9 Å². The van der Waals surface area contributed by atoms with Crippen molar-refractivity contribution in [3.63, 3.8) is 0 Å². The van der Waals surface area contributed by atoms with Gasteiger partial charge in [0.15, 0.2) is 0 Å². The fourth-order valence-electron chi connectivity index (χ4n) is 1.96. The summed E-state index contributed by atoms with van der Waals surface area (Å²) in [5.41, 5.74) is 0.800. The first-order valence-corrected chi connectivity index (χ1v) is 6.75. The zero-order chi connectivity index (χ0) is 16.1. The molecule has 0 aliphatic heterocycles. The second-order valence-corrected chi connectivity index (χ2v) is 4.93. The van der Waals surface area contributed by atoms with Crippen molar-refractivity contribution in [2.24, 2.45) is 0 Å². The second kappa shape index (κ2) is 6.89. The van der Waals surface area contributed by atoms with Crippen LogP contribution in [0.1, 0.15) is 17.2 Å². The zero-order valence-corrected chi connectivity index (χ0v) is 12.1. The maximum absolute atomic E-state index is 10.8. The van der Waals surface area contributed by atoms with E-state index < -0.39 is 11.0 Å². The van der Waals surface area contributed by atoms with Crippen molar-refractivity contribution in [2.75, 3.05) is 11.9 Å². The molecule has 0 radical (unpaired) electrons. The molecule has 2 N–H and O–H groups in total. The van der Waals surface area contributed by atoms with Crippen LogP contribution in [0.4, 0.5) is 11.4 Å². The van der Waals surface area contributed by atoms with Crippen molar-refractivity contribution in [1.29, 1.82) is 5.26 Å². The summed E-state index contributed by atoms with van der Waals surface area (Å²) in [5, 5.41) is 33.2. The van der Waals surface area contributed by atoms with E-state index in [1.807, 2.05) is 0 Å². The second-order valence-electron chi connectivity index (χ2n) is 4.52. The molecule has 1 atom stereocenters. The van der Waals surface area contributed by atoms with E-state index in [4.69, 9.17) is 16.9 Å². The smallest absolute Gasteiger partial charge is 0.287 e. The first-order valence-electron chi connectivity index (χ1n) is 6.38. The van der Waals surface area contributed by atoms with Gasteiger partial charge in [0.2, 0.25) is 0 Å². The molecular weight excluding hydrogens is 306 g/mol. The topological polar surface area (TPSA) is 99.2 Å². The molecule has 2 rings (SSSR count). The first kappa shape index (κ1) is 15.8. The molecule has 0 spiro atoms. The number of benzene rings is 2. The highest BCUT2D eigenvalue weighted by molar-refractivity contribution is 6.31. The largest absolute Gasteiger partial charge is 0.387 e. The Kier molecular flexibility index (Phi) is 4.94. The average Bonchev–Trinajstić information content (AvgIpc) is 2.52. The molecule has 0 fully saturated rings. The average molecular weight is 318 g/mol. The number of hydrogen-bond donors (Lipinski definition) is 2. The van der Waals surface area contributed by atoms with Crippen LogP contribution in [-0.2, 0) is 0 Å². The van der Waals surface area contributed by atoms with E-state index in [0.717, 1.165) is 0 Å². The Labute approximate surface area is 131 Å². The third kappa shape index (κ3) is 3.52. The van der Waals surface area contributed by atoms with Gasteiger partial charge < -0.3 is 10.4 Å². The van der Waals surface area contributed by atoms with Gasteiger partial charge in [-0.25, -0.2) is 0 Å². The molecule has 0 amide bonds. The van der Waals surface area contributed by atoms with Crippen molar-refractivity contribution < 1.29 is 10.0 Å². The van der Waals surface area contributed by atoms with E-state index in [9.17, 15) is 15.2 Å². The summed E-state index contributed by atoms with van der Waals surface area (Å²) >= 11 is 6.00. The molecule has 7 heteroatoms. The number of nitrogens with zero attached hydrogens (tertiary/aromatic N) is 2. The van der Waals surface area contributed by atoms with Gasteiger partial charge in [-0.05, 0) is 18.2 Å². The lowest BCUT2D eigenvalue weighted by Gasteiger charge is -2.14. The van der Waals surface area contributed by atoms with Crippen LogP contribution in [0.15, 0.2) is 42.5 Å². The summed E-state index contributed by atoms with van der Waals surface area (Å²) in [6.07, 6.45) is -0.838. The highest BCUT2D eigenvalue weighted by atomic mass is 35.5. The van der Waals surface area contributed by atoms with Crippen LogP contribution in [-0.4, -0.2) is 16.6 Å².